The second kappa shape index (κ2) is 21.9. The van der Waals surface area contributed by atoms with E-state index in [1.165, 1.54) is 48.1 Å². The molecule has 54 heavy (non-hydrogen) atoms. The number of allylic oxidation sites excluding steroid dienone is 4. The summed E-state index contributed by atoms with van der Waals surface area (Å²) in [6, 6.07) is 23.2. The minimum Gasteiger partial charge on any atom is -0.402 e. The fourth-order valence-electron chi connectivity index (χ4n) is 7.58. The van der Waals surface area contributed by atoms with Crippen LogP contribution in [0.4, 0.5) is 5.69 Å². The van der Waals surface area contributed by atoms with Gasteiger partial charge in [-0.3, -0.25) is 9.59 Å². The lowest BCUT2D eigenvalue weighted by Crippen LogP contribution is -2.39. The molecule has 2 aliphatic heterocycles. The number of nitrogens with one attached hydrogen (secondary N) is 3. The quantitative estimate of drug-likeness (QED) is 0.110. The van der Waals surface area contributed by atoms with Crippen molar-refractivity contribution in [1.29, 1.82) is 0 Å². The number of benzene rings is 3. The highest BCUT2D eigenvalue weighted by Gasteiger charge is 2.29. The van der Waals surface area contributed by atoms with E-state index in [4.69, 9.17) is 5.73 Å². The van der Waals surface area contributed by atoms with Crippen LogP contribution in [0.5, 0.6) is 0 Å². The van der Waals surface area contributed by atoms with Crippen LogP contribution in [-0.2, 0) is 11.2 Å². The van der Waals surface area contributed by atoms with Gasteiger partial charge in [0.25, 0.3) is 5.91 Å². The van der Waals surface area contributed by atoms with Crippen molar-refractivity contribution < 1.29 is 9.59 Å². The first-order valence-electron chi connectivity index (χ1n) is 20.3. The van der Waals surface area contributed by atoms with Crippen LogP contribution in [0.25, 0.3) is 11.1 Å². The maximum atomic E-state index is 12.8. The lowest BCUT2D eigenvalue weighted by Gasteiger charge is -2.35. The summed E-state index contributed by atoms with van der Waals surface area (Å²) in [7, 11) is 0. The molecule has 2 heterocycles. The van der Waals surface area contributed by atoms with Crippen LogP contribution in [0, 0.1) is 12.8 Å². The highest BCUT2D eigenvalue weighted by Crippen LogP contribution is 2.36. The number of piperidine rings is 1. The van der Waals surface area contributed by atoms with E-state index in [0.29, 0.717) is 23.9 Å². The summed E-state index contributed by atoms with van der Waals surface area (Å²) in [5.41, 5.74) is 17.1. The molecule has 7 heteroatoms. The molecule has 3 aromatic rings. The Morgan fingerprint density at radius 1 is 0.889 bits per heavy atom. The van der Waals surface area contributed by atoms with Crippen molar-refractivity contribution in [2.75, 3.05) is 37.6 Å². The van der Waals surface area contributed by atoms with E-state index in [0.717, 1.165) is 80.8 Å². The normalized spacial score (nSPS) is 17.7. The van der Waals surface area contributed by atoms with Crippen molar-refractivity contribution in [3.05, 3.63) is 125 Å². The maximum absolute atomic E-state index is 12.8. The lowest BCUT2D eigenvalue weighted by atomic mass is 9.79. The molecular formula is C47H65N5O2. The molecule has 1 saturated heterocycles. The van der Waals surface area contributed by atoms with Gasteiger partial charge < -0.3 is 26.6 Å². The Balaban J connectivity index is 0.000000741. The number of carbonyl (C=O) groups excluding carboxylic acids is 2. The molecule has 2 fully saturated rings. The molecule has 290 valence electrons. The van der Waals surface area contributed by atoms with Crippen LogP contribution in [0.3, 0.4) is 0 Å². The fraction of sp³-hybridized carbons (Fsp3) is 0.447. The number of nitrogens with zero attached hydrogens (tertiary/aromatic N) is 1. The van der Waals surface area contributed by atoms with Crippen molar-refractivity contribution in [3.8, 4) is 11.1 Å². The topological polar surface area (TPSA) is 99.5 Å². The molecule has 0 spiro atoms. The summed E-state index contributed by atoms with van der Waals surface area (Å²) in [6.45, 7) is 17.7. The van der Waals surface area contributed by atoms with E-state index in [9.17, 15) is 9.59 Å². The summed E-state index contributed by atoms with van der Waals surface area (Å²) in [4.78, 5) is 26.7. The van der Waals surface area contributed by atoms with Crippen LogP contribution in [0.15, 0.2) is 102 Å². The van der Waals surface area contributed by atoms with Gasteiger partial charge in [-0.1, -0.05) is 80.1 Å². The molecular weight excluding hydrogens is 667 g/mol. The van der Waals surface area contributed by atoms with Crippen LogP contribution < -0.4 is 26.6 Å². The lowest BCUT2D eigenvalue weighted by molar-refractivity contribution is -0.116. The number of nitrogens with two attached hydrogens (primary N) is 1. The number of aryl methyl sites for hydroxylation is 2. The predicted octanol–water partition coefficient (Wildman–Crippen LogP) is 9.34. The monoisotopic (exact) mass is 732 g/mol. The van der Waals surface area contributed by atoms with Gasteiger partial charge in [0.05, 0.1) is 0 Å². The number of fused-ring (bicyclic) bond motifs is 1. The number of hydrogen-bond donors (Lipinski definition) is 4. The van der Waals surface area contributed by atoms with Crippen LogP contribution in [-0.4, -0.2) is 44.5 Å². The molecule has 5 N–H and O–H groups in total. The van der Waals surface area contributed by atoms with Gasteiger partial charge >= 0.3 is 0 Å². The van der Waals surface area contributed by atoms with Crippen molar-refractivity contribution in [1.82, 2.24) is 16.0 Å². The van der Waals surface area contributed by atoms with E-state index in [1.807, 2.05) is 49.9 Å². The molecule has 3 aromatic carbocycles. The van der Waals surface area contributed by atoms with Gasteiger partial charge in [-0.15, -0.1) is 0 Å². The SMILES string of the molecule is C=C/C=C(\C)N.CC.CC(=O)N1CCCc2cc(-c3ccc(C(=O)NCCCCCNC(=C4CCC4)C4CNCC(c5cccc(C)c5)C4)cc3)ccc21. The highest BCUT2D eigenvalue weighted by atomic mass is 16.2. The summed E-state index contributed by atoms with van der Waals surface area (Å²) in [5, 5.41) is 10.7. The number of rotatable bonds is 12. The minimum atomic E-state index is -0.0165. The van der Waals surface area contributed by atoms with Gasteiger partial charge in [0, 0.05) is 68.2 Å². The van der Waals surface area contributed by atoms with Crippen LogP contribution >= 0.6 is 0 Å². The van der Waals surface area contributed by atoms with Gasteiger partial charge in [-0.2, -0.15) is 0 Å². The molecule has 7 nitrogen and oxygen atoms in total. The molecule has 2 unspecified atom stereocenters. The van der Waals surface area contributed by atoms with Gasteiger partial charge in [0.15, 0.2) is 0 Å². The third kappa shape index (κ3) is 12.2. The maximum Gasteiger partial charge on any atom is 0.251 e. The fourth-order valence-corrected chi connectivity index (χ4v) is 7.58. The van der Waals surface area contributed by atoms with Crippen molar-refractivity contribution >= 4 is 17.5 Å². The molecule has 0 aromatic heterocycles. The average Bonchev–Trinajstić information content (AvgIpc) is 3.16. The Morgan fingerprint density at radius 2 is 1.61 bits per heavy atom. The third-order valence-corrected chi connectivity index (χ3v) is 10.5. The van der Waals surface area contributed by atoms with E-state index in [-0.39, 0.29) is 11.8 Å². The predicted molar refractivity (Wildman–Crippen MR) is 228 cm³/mol. The molecule has 2 amide bonds. The molecule has 2 atom stereocenters. The average molecular weight is 732 g/mol. The summed E-state index contributed by atoms with van der Waals surface area (Å²) < 4.78 is 0. The Labute approximate surface area is 325 Å². The smallest absolute Gasteiger partial charge is 0.251 e. The number of anilines is 1. The second-order valence-corrected chi connectivity index (χ2v) is 14.7. The van der Waals surface area contributed by atoms with E-state index in [2.05, 4.69) is 71.9 Å². The molecule has 0 bridgehead atoms. The first kappa shape index (κ1) is 42.1. The highest BCUT2D eigenvalue weighted by molar-refractivity contribution is 5.95. The third-order valence-electron chi connectivity index (χ3n) is 10.5. The summed E-state index contributed by atoms with van der Waals surface area (Å²) >= 11 is 0. The molecule has 0 radical (unpaired) electrons. The van der Waals surface area contributed by atoms with Gasteiger partial charge in [-0.25, -0.2) is 0 Å². The minimum absolute atomic E-state index is 0.0165. The number of carbonyl (C=O) groups is 2. The Morgan fingerprint density at radius 3 is 2.24 bits per heavy atom. The zero-order chi connectivity index (χ0) is 38.9. The summed E-state index contributed by atoms with van der Waals surface area (Å²) in [6.07, 6.45) is 13.6. The Bertz CT molecular complexity index is 1730. The Kier molecular flexibility index (Phi) is 17.1. The molecule has 6 rings (SSSR count). The van der Waals surface area contributed by atoms with Crippen molar-refractivity contribution in [3.63, 3.8) is 0 Å². The number of hydrogen-bond acceptors (Lipinski definition) is 5. The van der Waals surface area contributed by atoms with Crippen LogP contribution in [0.2, 0.25) is 0 Å². The first-order chi connectivity index (χ1) is 26.2. The standard InChI is InChI=1S/C40H50N4O2.C5H9N.C2H6/c1-28-9-6-12-33(23-28)36-25-37(27-41-26-36)39(31-10-7-11-31)42-20-4-3-5-21-43-40(46)32-16-14-30(15-17-32)34-18-19-38-35(24-34)13-8-22-44(38)29(2)45;1-3-4-5(2)6;1-2/h6,9,12,14-19,23-24,36-37,41-42H,3-5,7-8,10-11,13,20-22,25-27H2,1-2H3,(H,43,46);3-4H,1,6H2,2H3;1-2H3/b;5-4+;. The molecule has 1 aliphatic carbocycles. The largest absolute Gasteiger partial charge is 0.402 e. The van der Waals surface area contributed by atoms with E-state index < -0.39 is 0 Å². The van der Waals surface area contributed by atoms with E-state index in [1.54, 1.807) is 24.6 Å². The Hall–Kier alpha value is -4.62. The van der Waals surface area contributed by atoms with Gasteiger partial charge in [-0.05, 0) is 130 Å². The second-order valence-electron chi connectivity index (χ2n) is 14.7. The molecule has 1 saturated carbocycles. The van der Waals surface area contributed by atoms with Gasteiger partial charge in [0.2, 0.25) is 5.91 Å². The van der Waals surface area contributed by atoms with Crippen LogP contribution in [0.1, 0.15) is 112 Å². The zero-order valence-corrected chi connectivity index (χ0v) is 33.6. The number of amides is 2. The number of unbranched alkanes of at least 4 members (excludes halogenated alkanes) is 2. The summed E-state index contributed by atoms with van der Waals surface area (Å²) in [5.74, 6) is 1.21. The van der Waals surface area contributed by atoms with Crippen molar-refractivity contribution in [2.45, 2.75) is 98.3 Å². The van der Waals surface area contributed by atoms with Gasteiger partial charge in [0.1, 0.15) is 0 Å². The molecule has 3 aliphatic rings. The zero-order valence-electron chi connectivity index (χ0n) is 33.6. The van der Waals surface area contributed by atoms with Crippen molar-refractivity contribution in [2.24, 2.45) is 11.7 Å². The van der Waals surface area contributed by atoms with E-state index >= 15 is 0 Å². The first-order valence-corrected chi connectivity index (χ1v) is 20.3.